The largest absolute Gasteiger partial charge is 0 e. The molecule has 5 nitrogen and oxygen atoms in total. The summed E-state index contributed by atoms with van der Waals surface area (Å²) in [6.07, 6.45) is 1.45. The normalized spacial score (nSPS) is 7.00. The van der Waals surface area contributed by atoms with Crippen LogP contribution in [0.5, 0.6) is 0 Å². The van der Waals surface area contributed by atoms with Crippen LogP contribution in [0.25, 0.3) is 0 Å². The van der Waals surface area contributed by atoms with E-state index >= 15 is 0 Å². The van der Waals surface area contributed by atoms with E-state index < -0.39 is 11.9 Å². The molecule has 0 unspecified atom stereocenters. The van der Waals surface area contributed by atoms with Gasteiger partial charge in [-0.3, -0.25) is 4.79 Å². The second-order valence-corrected chi connectivity index (χ2v) is 2.04. The molecule has 1 aromatic heterocycles. The third-order valence-corrected chi connectivity index (χ3v) is 0.884. The van der Waals surface area contributed by atoms with Gasteiger partial charge in [0.2, 0.25) is 0 Å². The van der Waals surface area contributed by atoms with E-state index in [-0.39, 0.29) is 44.0 Å². The number of carbonyl (C=O) groups is 2. The third-order valence-electron chi connectivity index (χ3n) is 0.884. The molecule has 0 fully saturated rings. The van der Waals surface area contributed by atoms with Gasteiger partial charge in [0.05, 0.1) is 0 Å². The van der Waals surface area contributed by atoms with Crippen LogP contribution >= 0.6 is 0 Å². The second kappa shape index (κ2) is 11.4. The van der Waals surface area contributed by atoms with Gasteiger partial charge >= 0.3 is 24.8 Å². The quantitative estimate of drug-likeness (QED) is 0.723. The molecule has 2 N–H and O–H groups in total. The van der Waals surface area contributed by atoms with E-state index in [0.29, 0.717) is 0 Å². The molecule has 0 amide bonds. The average molecular weight is 294 g/mol. The van der Waals surface area contributed by atoms with Gasteiger partial charge in [-0.25, -0.2) is 9.78 Å². The summed E-state index contributed by atoms with van der Waals surface area (Å²) in [5, 5.41) is 15.7. The topological polar surface area (TPSA) is 87.5 Å². The van der Waals surface area contributed by atoms with E-state index in [0.717, 1.165) is 6.92 Å². The summed E-state index contributed by atoms with van der Waals surface area (Å²) >= 11 is 0. The summed E-state index contributed by atoms with van der Waals surface area (Å²) in [5.41, 5.74) is 0.0810. The standard InChI is InChI=1S/C6H5NO2.C2H4O2.Li.Rh.H/c8-6(9)5-3-1-2-4-7-5;1-2(3)4;;;/h1-4H,(H,8,9);1H3,(H,3,4);;;. The molecule has 0 bridgehead atoms. The van der Waals surface area contributed by atoms with Crippen molar-refractivity contribution in [1.29, 1.82) is 0 Å². The predicted octanol–water partition coefficient (Wildman–Crippen LogP) is 0.220. The van der Waals surface area contributed by atoms with Crippen LogP contribution in [-0.2, 0) is 24.3 Å². The predicted molar refractivity (Wildman–Crippen MR) is 51.7 cm³/mol. The first kappa shape index (κ1) is 19.8. The SMILES string of the molecule is CC(=O)O.O=C(O)c1ccccn1.[LiH].[Rh]. The van der Waals surface area contributed by atoms with Crippen LogP contribution in [0.1, 0.15) is 17.4 Å². The molecule has 1 rings (SSSR count). The second-order valence-electron chi connectivity index (χ2n) is 2.04. The zero-order valence-electron chi connectivity index (χ0n) is 7.30. The number of aliphatic carboxylic acids is 1. The van der Waals surface area contributed by atoms with Crippen molar-refractivity contribution in [1.82, 2.24) is 4.98 Å². The van der Waals surface area contributed by atoms with Gasteiger partial charge in [0, 0.05) is 32.6 Å². The molecule has 0 atom stereocenters. The van der Waals surface area contributed by atoms with Gasteiger partial charge < -0.3 is 10.2 Å². The summed E-state index contributed by atoms with van der Waals surface area (Å²) < 4.78 is 0. The van der Waals surface area contributed by atoms with Crippen molar-refractivity contribution >= 4 is 30.8 Å². The molecule has 7 heteroatoms. The molecule has 81 valence electrons. The molecule has 1 radical (unpaired) electrons. The number of aromatic carboxylic acids is 1. The smallest absolute Gasteiger partial charge is 0 e. The van der Waals surface area contributed by atoms with Crippen LogP contribution in [0.2, 0.25) is 0 Å². The van der Waals surface area contributed by atoms with Gasteiger partial charge in [-0.05, 0) is 12.1 Å². The van der Waals surface area contributed by atoms with Crippen molar-refractivity contribution in [3.05, 3.63) is 30.1 Å². The molecular formula is C8H10LiNO4Rh. The maximum Gasteiger partial charge on any atom is 0 e. The molecular weight excluding hydrogens is 284 g/mol. The maximum absolute atomic E-state index is 10.1. The molecule has 0 aliphatic rings. The van der Waals surface area contributed by atoms with Gasteiger partial charge in [-0.1, -0.05) is 6.07 Å². The number of pyridine rings is 1. The summed E-state index contributed by atoms with van der Waals surface area (Å²) in [6, 6.07) is 4.76. The van der Waals surface area contributed by atoms with Gasteiger partial charge in [0.25, 0.3) is 5.97 Å². The van der Waals surface area contributed by atoms with Crippen molar-refractivity contribution < 1.29 is 39.3 Å². The van der Waals surface area contributed by atoms with Crippen molar-refractivity contribution in [2.24, 2.45) is 0 Å². The monoisotopic (exact) mass is 294 g/mol. The number of aromatic nitrogens is 1. The van der Waals surface area contributed by atoms with Gasteiger partial charge in [-0.2, -0.15) is 0 Å². The Morgan fingerprint density at radius 3 is 1.93 bits per heavy atom. The molecule has 15 heavy (non-hydrogen) atoms. The fourth-order valence-electron chi connectivity index (χ4n) is 0.489. The number of nitrogens with zero attached hydrogens (tertiary/aromatic N) is 1. The number of hydrogen-bond acceptors (Lipinski definition) is 3. The number of carboxylic acids is 2. The number of carboxylic acid groups (broad SMARTS) is 2. The zero-order valence-corrected chi connectivity index (χ0v) is 8.94. The van der Waals surface area contributed by atoms with Crippen molar-refractivity contribution in [2.45, 2.75) is 6.92 Å². The molecule has 0 saturated carbocycles. The van der Waals surface area contributed by atoms with Gasteiger partial charge in [0.1, 0.15) is 5.69 Å². The Morgan fingerprint density at radius 2 is 1.73 bits per heavy atom. The van der Waals surface area contributed by atoms with Crippen LogP contribution in [-0.4, -0.2) is 46.0 Å². The van der Waals surface area contributed by atoms with Crippen LogP contribution in [0.15, 0.2) is 24.4 Å². The van der Waals surface area contributed by atoms with Crippen LogP contribution in [0, 0.1) is 0 Å². The fraction of sp³-hybridized carbons (Fsp3) is 0.125. The van der Waals surface area contributed by atoms with E-state index in [1.165, 1.54) is 12.3 Å². The Hall–Kier alpha value is -0.689. The van der Waals surface area contributed by atoms with Crippen molar-refractivity contribution in [3.8, 4) is 0 Å². The minimum atomic E-state index is -0.990. The van der Waals surface area contributed by atoms with E-state index in [1.807, 2.05) is 0 Å². The molecule has 0 spiro atoms. The molecule has 0 aliphatic carbocycles. The number of hydrogen-bond donors (Lipinski definition) is 2. The minimum Gasteiger partial charge on any atom is 0 e. The summed E-state index contributed by atoms with van der Waals surface area (Å²) in [4.78, 5) is 22.7. The summed E-state index contributed by atoms with van der Waals surface area (Å²) in [7, 11) is 0. The average Bonchev–Trinajstić information content (AvgIpc) is 2.05. The first-order valence-electron chi connectivity index (χ1n) is 3.38. The molecule has 0 aliphatic heterocycles. The van der Waals surface area contributed by atoms with E-state index in [2.05, 4.69) is 4.98 Å². The van der Waals surface area contributed by atoms with Crippen LogP contribution in [0.3, 0.4) is 0 Å². The molecule has 1 aromatic rings. The molecule has 0 aromatic carbocycles. The minimum absolute atomic E-state index is 0. The van der Waals surface area contributed by atoms with Crippen molar-refractivity contribution in [3.63, 3.8) is 0 Å². The Morgan fingerprint density at radius 1 is 1.27 bits per heavy atom. The Bertz CT molecular complexity index is 290. The Balaban J connectivity index is -0.000000213. The first-order chi connectivity index (χ1) is 6.04. The van der Waals surface area contributed by atoms with Gasteiger partial charge in [-0.15, -0.1) is 0 Å². The van der Waals surface area contributed by atoms with Gasteiger partial charge in [0.15, 0.2) is 0 Å². The summed E-state index contributed by atoms with van der Waals surface area (Å²) in [5.74, 6) is -1.82. The van der Waals surface area contributed by atoms with Crippen molar-refractivity contribution in [2.75, 3.05) is 0 Å². The zero-order chi connectivity index (χ0) is 10.3. The summed E-state index contributed by atoms with van der Waals surface area (Å²) in [6.45, 7) is 1.08. The first-order valence-corrected chi connectivity index (χ1v) is 3.38. The number of rotatable bonds is 1. The molecule has 1 heterocycles. The Labute approximate surface area is 112 Å². The van der Waals surface area contributed by atoms with E-state index in [4.69, 9.17) is 15.0 Å². The van der Waals surface area contributed by atoms with Crippen LogP contribution < -0.4 is 0 Å². The van der Waals surface area contributed by atoms with E-state index in [1.54, 1.807) is 12.1 Å². The molecule has 0 saturated heterocycles. The van der Waals surface area contributed by atoms with E-state index in [9.17, 15) is 4.79 Å². The Kier molecular flexibility index (Phi) is 15.0. The maximum atomic E-state index is 10.1. The van der Waals surface area contributed by atoms with Crippen LogP contribution in [0.4, 0.5) is 0 Å². The third kappa shape index (κ3) is 13.3. The fourth-order valence-corrected chi connectivity index (χ4v) is 0.489.